The maximum atomic E-state index is 4.29. The van der Waals surface area contributed by atoms with Crippen molar-refractivity contribution >= 4 is 38.5 Å². The van der Waals surface area contributed by atoms with Crippen molar-refractivity contribution in [1.82, 2.24) is 15.5 Å². The number of fused-ring (bicyclic) bond motifs is 1. The highest BCUT2D eigenvalue weighted by atomic mass is 79.9. The first-order valence-corrected chi connectivity index (χ1v) is 5.80. The van der Waals surface area contributed by atoms with Crippen LogP contribution >= 0.6 is 15.9 Å². The zero-order chi connectivity index (χ0) is 11.0. The first kappa shape index (κ1) is 9.65. The maximum absolute atomic E-state index is 4.29. The van der Waals surface area contributed by atoms with Crippen molar-refractivity contribution in [2.45, 2.75) is 0 Å². The minimum absolute atomic E-state index is 0.819. The number of benzene rings is 1. The molecule has 5 nitrogen and oxygen atoms in total. The van der Waals surface area contributed by atoms with Gasteiger partial charge in [0.1, 0.15) is 0 Å². The molecule has 3 N–H and O–H groups in total. The van der Waals surface area contributed by atoms with Crippen molar-refractivity contribution in [2.24, 2.45) is 4.99 Å². The summed E-state index contributed by atoms with van der Waals surface area (Å²) in [6, 6.07) is 4.03. The summed E-state index contributed by atoms with van der Waals surface area (Å²) in [5.41, 5.74) is 1.98. The van der Waals surface area contributed by atoms with Crippen LogP contribution in [0.25, 0.3) is 10.9 Å². The number of H-pyrrole nitrogens is 1. The smallest absolute Gasteiger partial charge is 0.195 e. The molecule has 1 aliphatic heterocycles. The first-order chi connectivity index (χ1) is 7.83. The van der Waals surface area contributed by atoms with Gasteiger partial charge in [0.25, 0.3) is 0 Å². The van der Waals surface area contributed by atoms with Crippen LogP contribution in [0.4, 0.5) is 5.69 Å². The third kappa shape index (κ3) is 1.65. The molecule has 0 aliphatic carbocycles. The predicted octanol–water partition coefficient (Wildman–Crippen LogP) is 1.70. The number of nitrogens with zero attached hydrogens (tertiary/aromatic N) is 2. The lowest BCUT2D eigenvalue weighted by Gasteiger charge is -2.08. The van der Waals surface area contributed by atoms with Gasteiger partial charge in [-0.15, -0.1) is 0 Å². The number of halogens is 1. The van der Waals surface area contributed by atoms with Gasteiger partial charge in [0.15, 0.2) is 5.96 Å². The topological polar surface area (TPSA) is 65.1 Å². The largest absolute Gasteiger partial charge is 0.354 e. The molecule has 3 rings (SSSR count). The number of hydrogen-bond acceptors (Lipinski definition) is 4. The van der Waals surface area contributed by atoms with E-state index in [1.54, 1.807) is 6.20 Å². The number of guanidine groups is 1. The van der Waals surface area contributed by atoms with Crippen LogP contribution in [0.1, 0.15) is 0 Å². The van der Waals surface area contributed by atoms with Gasteiger partial charge < -0.3 is 10.6 Å². The Labute approximate surface area is 100 Å². The molecule has 0 fully saturated rings. The second kappa shape index (κ2) is 3.79. The van der Waals surface area contributed by atoms with E-state index in [9.17, 15) is 0 Å². The predicted molar refractivity (Wildman–Crippen MR) is 67.7 cm³/mol. The molecule has 0 saturated heterocycles. The van der Waals surface area contributed by atoms with Crippen LogP contribution in [0.3, 0.4) is 0 Å². The summed E-state index contributed by atoms with van der Waals surface area (Å²) in [7, 11) is 0. The third-order valence-electron chi connectivity index (χ3n) is 2.46. The van der Waals surface area contributed by atoms with Crippen molar-refractivity contribution < 1.29 is 0 Å². The van der Waals surface area contributed by atoms with E-state index < -0.39 is 0 Å². The summed E-state index contributed by atoms with van der Waals surface area (Å²) >= 11 is 3.52. The molecule has 0 saturated carbocycles. The van der Waals surface area contributed by atoms with Crippen LogP contribution in [-0.4, -0.2) is 29.2 Å². The molecular formula is C10H10BrN5. The number of anilines is 1. The molecule has 0 atom stereocenters. The van der Waals surface area contributed by atoms with Gasteiger partial charge in [0.05, 0.1) is 23.9 Å². The molecule has 0 spiro atoms. The van der Waals surface area contributed by atoms with E-state index >= 15 is 0 Å². The number of aromatic amines is 1. The Bertz CT molecular complexity index is 559. The monoisotopic (exact) mass is 279 g/mol. The maximum Gasteiger partial charge on any atom is 0.195 e. The molecule has 0 radical (unpaired) electrons. The van der Waals surface area contributed by atoms with E-state index in [0.29, 0.717) is 0 Å². The van der Waals surface area contributed by atoms with E-state index in [2.05, 4.69) is 41.8 Å². The summed E-state index contributed by atoms with van der Waals surface area (Å²) in [4.78, 5) is 4.29. The molecular weight excluding hydrogens is 270 g/mol. The van der Waals surface area contributed by atoms with E-state index in [-0.39, 0.29) is 0 Å². The van der Waals surface area contributed by atoms with Crippen molar-refractivity contribution in [3.63, 3.8) is 0 Å². The quantitative estimate of drug-likeness (QED) is 0.745. The van der Waals surface area contributed by atoms with Gasteiger partial charge in [-0.1, -0.05) is 0 Å². The summed E-state index contributed by atoms with van der Waals surface area (Å²) in [5, 5.41) is 14.4. The van der Waals surface area contributed by atoms with Gasteiger partial charge in [-0.3, -0.25) is 10.1 Å². The summed E-state index contributed by atoms with van der Waals surface area (Å²) in [5.74, 6) is 0.819. The molecule has 1 aromatic carbocycles. The Morgan fingerprint density at radius 2 is 2.31 bits per heavy atom. The van der Waals surface area contributed by atoms with Gasteiger partial charge in [0.2, 0.25) is 0 Å². The fraction of sp³-hybridized carbons (Fsp3) is 0.200. The number of hydrogen-bond donors (Lipinski definition) is 3. The first-order valence-electron chi connectivity index (χ1n) is 5.01. The van der Waals surface area contributed by atoms with Gasteiger partial charge in [-0.05, 0) is 28.1 Å². The zero-order valence-corrected chi connectivity index (χ0v) is 10.0. The third-order valence-corrected chi connectivity index (χ3v) is 3.11. The van der Waals surface area contributed by atoms with Gasteiger partial charge >= 0.3 is 0 Å². The molecule has 16 heavy (non-hydrogen) atoms. The summed E-state index contributed by atoms with van der Waals surface area (Å²) < 4.78 is 0.998. The van der Waals surface area contributed by atoms with E-state index in [0.717, 1.165) is 40.1 Å². The standard InChI is InChI=1S/C10H10BrN5/c11-7-3-6-5-14-16-8(6)4-9(7)15-10-12-1-2-13-10/h3-5H,1-2H2,(H,14,16)(H2,12,13,15). The van der Waals surface area contributed by atoms with Crippen LogP contribution < -0.4 is 10.6 Å². The Morgan fingerprint density at radius 1 is 1.38 bits per heavy atom. The fourth-order valence-corrected chi connectivity index (χ4v) is 2.13. The van der Waals surface area contributed by atoms with Gasteiger partial charge in [-0.2, -0.15) is 5.10 Å². The fourth-order valence-electron chi connectivity index (χ4n) is 1.67. The van der Waals surface area contributed by atoms with Crippen molar-refractivity contribution in [3.8, 4) is 0 Å². The molecule has 2 aromatic rings. The highest BCUT2D eigenvalue weighted by Crippen LogP contribution is 2.27. The summed E-state index contributed by atoms with van der Waals surface area (Å²) in [6.07, 6.45) is 1.80. The number of aliphatic imine (C=N–C) groups is 1. The highest BCUT2D eigenvalue weighted by Gasteiger charge is 2.08. The van der Waals surface area contributed by atoms with E-state index in [1.807, 2.05) is 12.1 Å². The SMILES string of the molecule is Brc1cc2cn[nH]c2cc1NC1=NCCN1. The van der Waals surface area contributed by atoms with Crippen molar-refractivity contribution in [1.29, 1.82) is 0 Å². The molecule has 0 amide bonds. The molecule has 82 valence electrons. The molecule has 2 heterocycles. The average Bonchev–Trinajstić information content (AvgIpc) is 2.89. The Hall–Kier alpha value is -1.56. The van der Waals surface area contributed by atoms with Gasteiger partial charge in [-0.25, -0.2) is 0 Å². The van der Waals surface area contributed by atoms with E-state index in [1.165, 1.54) is 0 Å². The lowest BCUT2D eigenvalue weighted by Crippen LogP contribution is -2.26. The number of rotatable bonds is 1. The molecule has 0 bridgehead atoms. The highest BCUT2D eigenvalue weighted by molar-refractivity contribution is 9.10. The second-order valence-electron chi connectivity index (χ2n) is 3.57. The lowest BCUT2D eigenvalue weighted by molar-refractivity contribution is 0.959. The normalized spacial score (nSPS) is 14.9. The van der Waals surface area contributed by atoms with Crippen LogP contribution in [0.2, 0.25) is 0 Å². The van der Waals surface area contributed by atoms with Crippen molar-refractivity contribution in [2.75, 3.05) is 18.4 Å². The van der Waals surface area contributed by atoms with Crippen LogP contribution in [0.15, 0.2) is 27.8 Å². The van der Waals surface area contributed by atoms with Crippen LogP contribution in [0.5, 0.6) is 0 Å². The minimum atomic E-state index is 0.819. The van der Waals surface area contributed by atoms with Crippen molar-refractivity contribution in [3.05, 3.63) is 22.8 Å². The average molecular weight is 280 g/mol. The Balaban J connectivity index is 1.98. The molecule has 6 heteroatoms. The molecule has 1 aromatic heterocycles. The zero-order valence-electron chi connectivity index (χ0n) is 8.42. The summed E-state index contributed by atoms with van der Waals surface area (Å²) in [6.45, 7) is 1.72. The van der Waals surface area contributed by atoms with E-state index in [4.69, 9.17) is 0 Å². The second-order valence-corrected chi connectivity index (χ2v) is 4.43. The van der Waals surface area contributed by atoms with Crippen LogP contribution in [-0.2, 0) is 0 Å². The lowest BCUT2D eigenvalue weighted by atomic mass is 10.2. The van der Waals surface area contributed by atoms with Crippen LogP contribution in [0, 0.1) is 0 Å². The molecule has 1 aliphatic rings. The number of aromatic nitrogens is 2. The number of nitrogens with one attached hydrogen (secondary N) is 3. The molecule has 0 unspecified atom stereocenters. The Kier molecular flexibility index (Phi) is 2.28. The minimum Gasteiger partial charge on any atom is -0.354 e. The van der Waals surface area contributed by atoms with Gasteiger partial charge in [0, 0.05) is 16.4 Å². The Morgan fingerprint density at radius 3 is 3.12 bits per heavy atom.